The molecule has 2 aromatic heterocycles. The van der Waals surface area contributed by atoms with E-state index in [4.69, 9.17) is 15.5 Å². The molecule has 5 rings (SSSR count). The lowest BCUT2D eigenvalue weighted by molar-refractivity contribution is 0.203. The molecule has 9 nitrogen and oxygen atoms in total. The van der Waals surface area contributed by atoms with Gasteiger partial charge in [0.2, 0.25) is 0 Å². The van der Waals surface area contributed by atoms with E-state index < -0.39 is 0 Å². The summed E-state index contributed by atoms with van der Waals surface area (Å²) in [6.07, 6.45) is 6.59. The van der Waals surface area contributed by atoms with Crippen molar-refractivity contribution in [3.8, 4) is 22.0 Å². The lowest BCUT2D eigenvalue weighted by Crippen LogP contribution is -2.31. The van der Waals surface area contributed by atoms with Crippen LogP contribution in [0.4, 0.5) is 4.79 Å². The summed E-state index contributed by atoms with van der Waals surface area (Å²) in [7, 11) is 0. The van der Waals surface area contributed by atoms with E-state index in [0.717, 1.165) is 59.8 Å². The summed E-state index contributed by atoms with van der Waals surface area (Å²) in [4.78, 5) is 18.6. The number of hydrogen-bond donors (Lipinski definition) is 2. The quantitative estimate of drug-likeness (QED) is 0.233. The lowest BCUT2D eigenvalue weighted by Gasteiger charge is -2.16. The Morgan fingerprint density at radius 3 is 2.72 bits per heavy atom. The zero-order valence-corrected chi connectivity index (χ0v) is 23.4. The Balaban J connectivity index is 0.00000353. The highest BCUT2D eigenvalue weighted by Crippen LogP contribution is 2.34. The number of halogens is 1. The first-order chi connectivity index (χ1) is 18.7. The van der Waals surface area contributed by atoms with Crippen LogP contribution in [-0.2, 0) is 19.3 Å². The minimum absolute atomic E-state index is 0. The first-order valence-corrected chi connectivity index (χ1v) is 14.0. The van der Waals surface area contributed by atoms with Crippen molar-refractivity contribution in [2.24, 2.45) is 5.73 Å². The zero-order chi connectivity index (χ0) is 26.2. The van der Waals surface area contributed by atoms with Crippen LogP contribution >= 0.6 is 23.7 Å². The third-order valence-electron chi connectivity index (χ3n) is 6.52. The van der Waals surface area contributed by atoms with Gasteiger partial charge in [0.05, 0.1) is 35.4 Å². The van der Waals surface area contributed by atoms with Crippen molar-refractivity contribution in [1.82, 2.24) is 30.2 Å². The average molecular weight is 568 g/mol. The number of rotatable bonds is 13. The average Bonchev–Trinajstić information content (AvgIpc) is 3.70. The van der Waals surface area contributed by atoms with Gasteiger partial charge >= 0.3 is 6.03 Å². The van der Waals surface area contributed by atoms with Gasteiger partial charge in [-0.2, -0.15) is 0 Å². The molecule has 0 unspecified atom stereocenters. The van der Waals surface area contributed by atoms with Crippen LogP contribution in [-0.4, -0.2) is 63.7 Å². The topological polar surface area (TPSA) is 111 Å². The highest BCUT2D eigenvalue weighted by Gasteiger charge is 2.20. The fourth-order valence-corrected chi connectivity index (χ4v) is 5.28. The molecule has 0 atom stereocenters. The van der Waals surface area contributed by atoms with Crippen LogP contribution < -0.4 is 15.8 Å². The number of benzene rings is 2. The third-order valence-corrected chi connectivity index (χ3v) is 7.44. The number of amides is 2. The zero-order valence-electron chi connectivity index (χ0n) is 21.8. The Kier molecular flexibility index (Phi) is 10.3. The molecule has 2 amide bonds. The van der Waals surface area contributed by atoms with Crippen LogP contribution in [0.1, 0.15) is 29.8 Å². The van der Waals surface area contributed by atoms with Crippen LogP contribution in [0.15, 0.2) is 60.1 Å². The third kappa shape index (κ3) is 7.56. The molecule has 4 aromatic rings. The van der Waals surface area contributed by atoms with Crippen molar-refractivity contribution in [3.63, 3.8) is 0 Å². The van der Waals surface area contributed by atoms with Crippen molar-refractivity contribution in [2.45, 2.75) is 32.1 Å². The minimum atomic E-state index is -0.0460. The van der Waals surface area contributed by atoms with E-state index >= 15 is 0 Å². The summed E-state index contributed by atoms with van der Waals surface area (Å²) in [6.45, 7) is 2.95. The second-order valence-corrected chi connectivity index (χ2v) is 10.1. The van der Waals surface area contributed by atoms with E-state index in [-0.39, 0.29) is 18.4 Å². The predicted octanol–water partition coefficient (Wildman–Crippen LogP) is 4.28. The molecule has 0 bridgehead atoms. The number of thiazole rings is 1. The largest absolute Gasteiger partial charge is 0.491 e. The maximum absolute atomic E-state index is 11.9. The number of urea groups is 1. The summed E-state index contributed by atoms with van der Waals surface area (Å²) in [5, 5.41) is 14.5. The molecule has 1 fully saturated rings. The van der Waals surface area contributed by atoms with Gasteiger partial charge in [0.15, 0.2) is 0 Å². The fourth-order valence-electron chi connectivity index (χ4n) is 4.39. The monoisotopic (exact) mass is 567 g/mol. The second kappa shape index (κ2) is 14.1. The van der Waals surface area contributed by atoms with Crippen LogP contribution in [0.25, 0.3) is 16.3 Å². The Bertz CT molecular complexity index is 1340. The molecule has 206 valence electrons. The molecule has 3 heterocycles. The normalized spacial score (nSPS) is 12.8. The Morgan fingerprint density at radius 2 is 1.92 bits per heavy atom. The molecule has 1 aliphatic rings. The second-order valence-electron chi connectivity index (χ2n) is 9.28. The molecule has 1 aliphatic heterocycles. The van der Waals surface area contributed by atoms with Gasteiger partial charge in [-0.3, -0.25) is 0 Å². The molecule has 0 saturated carbocycles. The van der Waals surface area contributed by atoms with Crippen LogP contribution in [0.2, 0.25) is 0 Å². The summed E-state index contributed by atoms with van der Waals surface area (Å²) in [5.74, 6) is 0.714. The van der Waals surface area contributed by atoms with E-state index in [1.807, 2.05) is 30.5 Å². The number of nitrogens with zero attached hydrogens (tertiary/aromatic N) is 5. The van der Waals surface area contributed by atoms with E-state index in [0.29, 0.717) is 38.5 Å². The van der Waals surface area contributed by atoms with Crippen molar-refractivity contribution < 1.29 is 9.53 Å². The molecule has 0 aliphatic carbocycles. The van der Waals surface area contributed by atoms with Crippen molar-refractivity contribution in [1.29, 1.82) is 0 Å². The Morgan fingerprint density at radius 1 is 1.05 bits per heavy atom. The lowest BCUT2D eigenvalue weighted by atomic mass is 10.1. The van der Waals surface area contributed by atoms with Crippen molar-refractivity contribution in [3.05, 3.63) is 77.1 Å². The number of nitrogens with two attached hydrogens (primary N) is 1. The van der Waals surface area contributed by atoms with Crippen molar-refractivity contribution >= 4 is 29.8 Å². The molecule has 39 heavy (non-hydrogen) atoms. The maximum atomic E-state index is 11.9. The SMILES string of the molecule is Cl.NCCCCc1cn(-c2ccc(-c3nc(CCc4ccccc4)cs3)c(OCCN3CCNC3=O)c2)nn1. The van der Waals surface area contributed by atoms with Crippen molar-refractivity contribution in [2.75, 3.05) is 32.8 Å². The number of carbonyl (C=O) groups excluding carboxylic acids is 1. The van der Waals surface area contributed by atoms with E-state index in [1.54, 1.807) is 20.9 Å². The molecule has 11 heteroatoms. The van der Waals surface area contributed by atoms with Gasteiger partial charge in [0.25, 0.3) is 0 Å². The summed E-state index contributed by atoms with van der Waals surface area (Å²) >= 11 is 1.62. The number of aryl methyl sites for hydroxylation is 3. The van der Waals surface area contributed by atoms with Crippen LogP contribution in [0.3, 0.4) is 0 Å². The molecule has 0 spiro atoms. The highest BCUT2D eigenvalue weighted by atomic mass is 35.5. The van der Waals surface area contributed by atoms with Gasteiger partial charge < -0.3 is 20.7 Å². The van der Waals surface area contributed by atoms with Gasteiger partial charge in [-0.15, -0.1) is 28.8 Å². The van der Waals surface area contributed by atoms with E-state index in [1.165, 1.54) is 5.56 Å². The number of aromatic nitrogens is 4. The smallest absolute Gasteiger partial charge is 0.317 e. The molecule has 1 saturated heterocycles. The molecule has 0 radical (unpaired) electrons. The van der Waals surface area contributed by atoms with E-state index in [9.17, 15) is 4.79 Å². The standard InChI is InChI=1S/C28H33N7O2S.ClH/c29-13-5-4-8-22-19-35(33-32-22)24-11-12-25(26(18-24)37-17-16-34-15-14-30-28(34)36)27-31-23(20-38-27)10-9-21-6-2-1-3-7-21;/h1-3,6-7,11-12,18-20H,4-5,8-10,13-17,29H2,(H,30,36);1H. The molecule has 3 N–H and O–H groups in total. The summed E-state index contributed by atoms with van der Waals surface area (Å²) in [6, 6.07) is 16.4. The summed E-state index contributed by atoms with van der Waals surface area (Å²) < 4.78 is 8.03. The summed E-state index contributed by atoms with van der Waals surface area (Å²) in [5.41, 5.74) is 10.7. The number of carbonyl (C=O) groups is 1. The fraction of sp³-hybridized carbons (Fsp3) is 0.357. The van der Waals surface area contributed by atoms with Gasteiger partial charge in [0.1, 0.15) is 17.4 Å². The number of ether oxygens (including phenoxy) is 1. The highest BCUT2D eigenvalue weighted by molar-refractivity contribution is 7.13. The van der Waals surface area contributed by atoms with Crippen LogP contribution in [0.5, 0.6) is 5.75 Å². The number of unbranched alkanes of at least 4 members (excludes halogenated alkanes) is 1. The Labute approximate surface area is 238 Å². The van der Waals surface area contributed by atoms with Gasteiger partial charge in [-0.25, -0.2) is 14.5 Å². The maximum Gasteiger partial charge on any atom is 0.317 e. The molecular weight excluding hydrogens is 534 g/mol. The van der Waals surface area contributed by atoms with Crippen LogP contribution in [0, 0.1) is 0 Å². The molecular formula is C28H34ClN7O2S. The number of nitrogens with one attached hydrogen (secondary N) is 1. The number of hydrogen-bond acceptors (Lipinski definition) is 7. The minimum Gasteiger partial charge on any atom is -0.491 e. The first kappa shape index (κ1) is 28.5. The van der Waals surface area contributed by atoms with E-state index in [2.05, 4.69) is 45.3 Å². The first-order valence-electron chi connectivity index (χ1n) is 13.1. The Hall–Kier alpha value is -3.47. The van der Waals surface area contributed by atoms with Gasteiger partial charge in [-0.05, 0) is 56.3 Å². The predicted molar refractivity (Wildman–Crippen MR) is 156 cm³/mol. The van der Waals surface area contributed by atoms with Gasteiger partial charge in [-0.1, -0.05) is 35.5 Å². The molecule has 2 aromatic carbocycles. The van der Waals surface area contributed by atoms with Gasteiger partial charge in [0, 0.05) is 24.5 Å².